The number of carboxylic acids is 1. The lowest BCUT2D eigenvalue weighted by Crippen LogP contribution is -2.18. The van der Waals surface area contributed by atoms with Crippen molar-refractivity contribution in [2.24, 2.45) is 5.73 Å². The molecule has 38 heavy (non-hydrogen) atoms. The number of aromatic amines is 1. The first-order valence-corrected chi connectivity index (χ1v) is 11.4. The average molecular weight is 521 g/mol. The van der Waals surface area contributed by atoms with Crippen molar-refractivity contribution >= 4 is 17.5 Å². The van der Waals surface area contributed by atoms with Crippen LogP contribution in [0.5, 0.6) is 11.5 Å². The van der Waals surface area contributed by atoms with Gasteiger partial charge in [-0.3, -0.25) is 15.2 Å². The molecule has 0 fully saturated rings. The Kier molecular flexibility index (Phi) is 9.13. The van der Waals surface area contributed by atoms with Gasteiger partial charge in [-0.2, -0.15) is 0 Å². The summed E-state index contributed by atoms with van der Waals surface area (Å²) >= 11 is 0. The summed E-state index contributed by atoms with van der Waals surface area (Å²) < 4.78 is 12.2. The van der Waals surface area contributed by atoms with Crippen LogP contribution in [0.2, 0.25) is 0 Å². The van der Waals surface area contributed by atoms with E-state index in [0.717, 1.165) is 22.9 Å². The fourth-order valence-corrected chi connectivity index (χ4v) is 3.37. The summed E-state index contributed by atoms with van der Waals surface area (Å²) in [4.78, 5) is 32.7. The molecule has 0 saturated heterocycles. The number of amidine groups is 1. The van der Waals surface area contributed by atoms with Crippen LogP contribution < -0.4 is 26.2 Å². The van der Waals surface area contributed by atoms with Crippen molar-refractivity contribution < 1.29 is 19.4 Å². The fraction of sp³-hybridized carbons (Fsp3) is 0.200. The number of carboxylic acid groups (broad SMARTS) is 1. The Morgan fingerprint density at radius 2 is 1.84 bits per heavy atom. The van der Waals surface area contributed by atoms with E-state index in [2.05, 4.69) is 25.4 Å². The van der Waals surface area contributed by atoms with Crippen LogP contribution in [0, 0.1) is 5.41 Å². The molecule has 0 aliphatic rings. The highest BCUT2D eigenvalue weighted by molar-refractivity contribution is 5.95. The second-order valence-corrected chi connectivity index (χ2v) is 7.71. The summed E-state index contributed by atoms with van der Waals surface area (Å²) in [7, 11) is 1.56. The monoisotopic (exact) mass is 520 g/mol. The number of benzene rings is 2. The van der Waals surface area contributed by atoms with Gasteiger partial charge in [-0.05, 0) is 55.0 Å². The second kappa shape index (κ2) is 12.7. The van der Waals surface area contributed by atoms with E-state index in [1.54, 1.807) is 43.5 Å². The molecule has 198 valence electrons. The number of nitrogen functional groups attached to an aromatic ring is 1. The van der Waals surface area contributed by atoms with Crippen molar-refractivity contribution in [1.29, 1.82) is 5.41 Å². The smallest absolute Gasteiger partial charge is 0.350 e. The third-order valence-electron chi connectivity index (χ3n) is 4.98. The molecule has 4 rings (SSSR count). The van der Waals surface area contributed by atoms with Gasteiger partial charge in [0.25, 0.3) is 11.9 Å². The number of anilines is 1. The molecular formula is C25H28N8O5. The third-order valence-corrected chi connectivity index (χ3v) is 4.98. The van der Waals surface area contributed by atoms with Gasteiger partial charge in [-0.1, -0.05) is 6.07 Å². The molecule has 2 aromatic heterocycles. The number of nitrogens with two attached hydrogens (primary N) is 1. The van der Waals surface area contributed by atoms with Gasteiger partial charge in [0, 0.05) is 30.6 Å². The predicted molar refractivity (Wildman–Crippen MR) is 140 cm³/mol. The number of hydrogen-bond donors (Lipinski definition) is 5. The molecule has 6 N–H and O–H groups in total. The molecule has 0 aliphatic heterocycles. The first-order valence-electron chi connectivity index (χ1n) is 11.4. The lowest BCUT2D eigenvalue weighted by atomic mass is 10.0. The number of hydrogen-bond acceptors (Lipinski definition) is 9. The van der Waals surface area contributed by atoms with Crippen molar-refractivity contribution in [2.75, 3.05) is 19.0 Å². The second-order valence-electron chi connectivity index (χ2n) is 7.71. The molecule has 2 aromatic carbocycles. The van der Waals surface area contributed by atoms with Crippen LogP contribution >= 0.6 is 0 Å². The van der Waals surface area contributed by atoms with Crippen molar-refractivity contribution in [3.05, 3.63) is 88.4 Å². The maximum atomic E-state index is 12.7. The maximum absolute atomic E-state index is 12.7. The Labute approximate surface area is 217 Å². The average Bonchev–Trinajstić information content (AvgIpc) is 3.29. The van der Waals surface area contributed by atoms with E-state index in [-0.39, 0.29) is 11.8 Å². The minimum Gasteiger partial charge on any atom is -0.493 e. The van der Waals surface area contributed by atoms with Crippen molar-refractivity contribution in [2.45, 2.75) is 19.9 Å². The molecule has 0 spiro atoms. The number of aliphatic carboxylic acids is 1. The van der Waals surface area contributed by atoms with Crippen LogP contribution in [0.3, 0.4) is 0 Å². The van der Waals surface area contributed by atoms with Crippen LogP contribution in [-0.4, -0.2) is 55.4 Å². The van der Waals surface area contributed by atoms with Crippen LogP contribution in [0.4, 0.5) is 5.69 Å². The Bertz CT molecular complexity index is 1430. The van der Waals surface area contributed by atoms with Gasteiger partial charge < -0.3 is 25.6 Å². The number of nitrogens with one attached hydrogen (secondary N) is 3. The predicted octanol–water partition coefficient (Wildman–Crippen LogP) is 2.33. The van der Waals surface area contributed by atoms with E-state index in [9.17, 15) is 4.79 Å². The minimum atomic E-state index is -0.833. The molecular weight excluding hydrogens is 492 g/mol. The number of nitrogens with zero attached hydrogens (tertiary/aromatic N) is 4. The molecule has 13 nitrogen and oxygen atoms in total. The highest BCUT2D eigenvalue weighted by atomic mass is 16.5. The van der Waals surface area contributed by atoms with Gasteiger partial charge >= 0.3 is 5.69 Å². The topological polar surface area (TPSA) is 194 Å². The summed E-state index contributed by atoms with van der Waals surface area (Å²) in [5.41, 5.74) is 7.19. The number of H-pyrrole nitrogens is 1. The summed E-state index contributed by atoms with van der Waals surface area (Å²) in [6, 6.07) is 13.7. The van der Waals surface area contributed by atoms with Gasteiger partial charge in [0.1, 0.15) is 11.9 Å². The quantitative estimate of drug-likeness (QED) is 0.161. The number of rotatable bonds is 9. The normalized spacial score (nSPS) is 11.0. The van der Waals surface area contributed by atoms with E-state index in [1.807, 2.05) is 19.1 Å². The van der Waals surface area contributed by atoms with Crippen molar-refractivity contribution in [3.8, 4) is 17.4 Å². The van der Waals surface area contributed by atoms with Crippen LogP contribution in [-0.2, 0) is 4.79 Å². The molecule has 0 bridgehead atoms. The van der Waals surface area contributed by atoms with Gasteiger partial charge in [-0.25, -0.2) is 14.8 Å². The van der Waals surface area contributed by atoms with Gasteiger partial charge in [-0.15, -0.1) is 9.78 Å². The molecule has 13 heteroatoms. The molecule has 0 unspecified atom stereocenters. The SMILES string of the molecule is CC(=O)O.CCOc1ccc([C@H](Nc2ccc(C(=N)N)cc2)c2nn(-c3ncccn3)c(=O)[nH]2)cc1OC. The Morgan fingerprint density at radius 1 is 1.18 bits per heavy atom. The van der Waals surface area contributed by atoms with Gasteiger partial charge in [0.05, 0.1) is 13.7 Å². The highest BCUT2D eigenvalue weighted by Crippen LogP contribution is 2.33. The van der Waals surface area contributed by atoms with E-state index in [4.69, 9.17) is 30.5 Å². The molecule has 0 saturated carbocycles. The number of ether oxygens (including phenoxy) is 2. The first kappa shape index (κ1) is 27.4. The fourth-order valence-electron chi connectivity index (χ4n) is 3.37. The summed E-state index contributed by atoms with van der Waals surface area (Å²) in [5, 5.41) is 22.8. The van der Waals surface area contributed by atoms with Gasteiger partial charge in [0.2, 0.25) is 0 Å². The molecule has 1 atom stereocenters. The number of methoxy groups -OCH3 is 1. The molecule has 0 radical (unpaired) electrons. The first-order chi connectivity index (χ1) is 18.2. The van der Waals surface area contributed by atoms with Gasteiger partial charge in [0.15, 0.2) is 17.3 Å². The standard InChI is InChI=1S/C23H24N8O3.C2H4O2/c1-3-34-17-10-7-15(13-18(17)33-2)19(28-16-8-5-14(6-9-16)20(24)25)21-29-23(32)31(30-21)22-26-11-4-12-27-22;1-2(3)4/h4-13,19,28H,3H2,1-2H3,(H3,24,25)(H,29,30,32);1H3,(H,3,4)/t19-;/m0./s1. The highest BCUT2D eigenvalue weighted by Gasteiger charge is 2.22. The largest absolute Gasteiger partial charge is 0.493 e. The Hall–Kier alpha value is -5.20. The van der Waals surface area contributed by atoms with E-state index < -0.39 is 17.7 Å². The number of aromatic nitrogens is 5. The van der Waals surface area contributed by atoms with Crippen LogP contribution in [0.1, 0.15) is 36.8 Å². The van der Waals surface area contributed by atoms with Crippen LogP contribution in [0.25, 0.3) is 5.95 Å². The maximum Gasteiger partial charge on any atom is 0.350 e. The lowest BCUT2D eigenvalue weighted by molar-refractivity contribution is -0.134. The molecule has 0 aliphatic carbocycles. The zero-order chi connectivity index (χ0) is 27.7. The Balaban J connectivity index is 0.000000934. The summed E-state index contributed by atoms with van der Waals surface area (Å²) in [6.45, 7) is 3.47. The number of carbonyl (C=O) groups is 1. The summed E-state index contributed by atoms with van der Waals surface area (Å²) in [5.74, 6) is 0.801. The van der Waals surface area contributed by atoms with Crippen molar-refractivity contribution in [3.63, 3.8) is 0 Å². The third kappa shape index (κ3) is 6.94. The zero-order valence-corrected chi connectivity index (χ0v) is 21.0. The van der Waals surface area contributed by atoms with Crippen LogP contribution in [0.15, 0.2) is 65.7 Å². The van der Waals surface area contributed by atoms with E-state index in [1.165, 1.54) is 12.4 Å². The minimum absolute atomic E-state index is 0.0229. The van der Waals surface area contributed by atoms with E-state index >= 15 is 0 Å². The molecule has 4 aromatic rings. The van der Waals surface area contributed by atoms with E-state index in [0.29, 0.717) is 29.5 Å². The molecule has 2 heterocycles. The Morgan fingerprint density at radius 3 is 2.42 bits per heavy atom. The zero-order valence-electron chi connectivity index (χ0n) is 21.0. The van der Waals surface area contributed by atoms with Crippen molar-refractivity contribution in [1.82, 2.24) is 24.7 Å². The lowest BCUT2D eigenvalue weighted by Gasteiger charge is -2.20. The molecule has 0 amide bonds. The summed E-state index contributed by atoms with van der Waals surface area (Å²) in [6.07, 6.45) is 3.07.